The molecule has 0 aliphatic heterocycles. The standard InChI is InChI=1S/C12H12O3/c1-9(2)6-7-15-11-5-3-4-10(8-11)12(13)14/h3-8H,1H2,2H3,(H,13,14)/b7-6+. The van der Waals surface area contributed by atoms with Gasteiger partial charge >= 0.3 is 5.97 Å². The molecule has 0 spiro atoms. The SMILES string of the molecule is C=C(C)/C=C/Oc1cccc(C(=O)O)c1. The molecule has 1 aromatic carbocycles. The van der Waals surface area contributed by atoms with Crippen molar-refractivity contribution in [2.75, 3.05) is 0 Å². The smallest absolute Gasteiger partial charge is 0.335 e. The Morgan fingerprint density at radius 3 is 2.87 bits per heavy atom. The van der Waals surface area contributed by atoms with E-state index in [0.717, 1.165) is 5.57 Å². The van der Waals surface area contributed by atoms with Crippen molar-refractivity contribution >= 4 is 5.97 Å². The van der Waals surface area contributed by atoms with Gasteiger partial charge in [-0.05, 0) is 31.2 Å². The predicted octanol–water partition coefficient (Wildman–Crippen LogP) is 2.85. The quantitative estimate of drug-likeness (QED) is 0.606. The fraction of sp³-hybridized carbons (Fsp3) is 0.0833. The van der Waals surface area contributed by atoms with Gasteiger partial charge < -0.3 is 9.84 Å². The summed E-state index contributed by atoms with van der Waals surface area (Å²) in [5, 5.41) is 8.74. The van der Waals surface area contributed by atoms with E-state index in [0.29, 0.717) is 5.75 Å². The molecule has 0 aromatic heterocycles. The van der Waals surface area contributed by atoms with Gasteiger partial charge in [0.05, 0.1) is 11.8 Å². The summed E-state index contributed by atoms with van der Waals surface area (Å²) in [4.78, 5) is 10.6. The number of ether oxygens (including phenoxy) is 1. The minimum atomic E-state index is -0.968. The minimum Gasteiger partial charge on any atom is -0.478 e. The number of aromatic carboxylic acids is 1. The third-order valence-corrected chi connectivity index (χ3v) is 1.64. The summed E-state index contributed by atoms with van der Waals surface area (Å²) in [5.74, 6) is -0.475. The van der Waals surface area contributed by atoms with Crippen molar-refractivity contribution in [1.29, 1.82) is 0 Å². The van der Waals surface area contributed by atoms with Crippen LogP contribution in [0.4, 0.5) is 0 Å². The number of rotatable bonds is 4. The zero-order chi connectivity index (χ0) is 11.3. The lowest BCUT2D eigenvalue weighted by Crippen LogP contribution is -1.95. The Hall–Kier alpha value is -2.03. The average Bonchev–Trinajstić information content (AvgIpc) is 2.17. The van der Waals surface area contributed by atoms with Gasteiger partial charge in [-0.2, -0.15) is 0 Å². The van der Waals surface area contributed by atoms with Crippen LogP contribution in [0.25, 0.3) is 0 Å². The molecule has 0 fully saturated rings. The van der Waals surface area contributed by atoms with E-state index >= 15 is 0 Å². The molecule has 3 nitrogen and oxygen atoms in total. The molecule has 0 radical (unpaired) electrons. The Morgan fingerprint density at radius 2 is 2.27 bits per heavy atom. The highest BCUT2D eigenvalue weighted by Gasteiger charge is 2.02. The lowest BCUT2D eigenvalue weighted by atomic mass is 10.2. The van der Waals surface area contributed by atoms with Gasteiger partial charge in [0.2, 0.25) is 0 Å². The van der Waals surface area contributed by atoms with Crippen molar-refractivity contribution in [3.05, 3.63) is 54.3 Å². The molecule has 0 aliphatic rings. The maximum Gasteiger partial charge on any atom is 0.335 e. The van der Waals surface area contributed by atoms with Crippen LogP contribution in [0, 0.1) is 0 Å². The molecule has 0 bridgehead atoms. The lowest BCUT2D eigenvalue weighted by molar-refractivity contribution is 0.0696. The summed E-state index contributed by atoms with van der Waals surface area (Å²) in [7, 11) is 0. The second-order valence-corrected chi connectivity index (χ2v) is 3.10. The van der Waals surface area contributed by atoms with Gasteiger partial charge in [0.1, 0.15) is 5.75 Å². The lowest BCUT2D eigenvalue weighted by Gasteiger charge is -2.00. The fourth-order valence-electron chi connectivity index (χ4n) is 0.931. The predicted molar refractivity (Wildman–Crippen MR) is 58.0 cm³/mol. The number of benzene rings is 1. The maximum absolute atomic E-state index is 10.6. The first-order valence-corrected chi connectivity index (χ1v) is 4.41. The van der Waals surface area contributed by atoms with Crippen LogP contribution in [0.5, 0.6) is 5.75 Å². The molecule has 0 aliphatic carbocycles. The van der Waals surface area contributed by atoms with Crippen LogP contribution in [0.1, 0.15) is 17.3 Å². The Morgan fingerprint density at radius 1 is 1.53 bits per heavy atom. The monoisotopic (exact) mass is 204 g/mol. The van der Waals surface area contributed by atoms with E-state index in [9.17, 15) is 4.79 Å². The Bertz CT molecular complexity index is 405. The van der Waals surface area contributed by atoms with Gasteiger partial charge in [-0.15, -0.1) is 0 Å². The Balaban J connectivity index is 2.74. The molecular weight excluding hydrogens is 192 g/mol. The second kappa shape index (κ2) is 5.00. The average molecular weight is 204 g/mol. The third-order valence-electron chi connectivity index (χ3n) is 1.64. The Kier molecular flexibility index (Phi) is 3.68. The van der Waals surface area contributed by atoms with Crippen molar-refractivity contribution < 1.29 is 14.6 Å². The summed E-state index contributed by atoms with van der Waals surface area (Å²) in [5.41, 5.74) is 1.07. The van der Waals surface area contributed by atoms with Crippen LogP contribution in [0.15, 0.2) is 48.8 Å². The zero-order valence-corrected chi connectivity index (χ0v) is 8.43. The number of hydrogen-bond donors (Lipinski definition) is 1. The molecule has 3 heteroatoms. The normalized spacial score (nSPS) is 10.2. The van der Waals surface area contributed by atoms with Crippen molar-refractivity contribution in [2.24, 2.45) is 0 Å². The van der Waals surface area contributed by atoms with Crippen LogP contribution < -0.4 is 4.74 Å². The van der Waals surface area contributed by atoms with E-state index in [1.807, 2.05) is 6.92 Å². The topological polar surface area (TPSA) is 46.5 Å². The van der Waals surface area contributed by atoms with Crippen LogP contribution in [0.2, 0.25) is 0 Å². The number of carboxylic acids is 1. The third kappa shape index (κ3) is 3.68. The molecule has 0 atom stereocenters. The van der Waals surface area contributed by atoms with Gasteiger partial charge in [0.15, 0.2) is 0 Å². The van der Waals surface area contributed by atoms with Crippen molar-refractivity contribution in [3.63, 3.8) is 0 Å². The van der Waals surface area contributed by atoms with Gasteiger partial charge in [-0.25, -0.2) is 4.79 Å². The highest BCUT2D eigenvalue weighted by molar-refractivity contribution is 5.87. The molecule has 1 rings (SSSR count). The maximum atomic E-state index is 10.6. The van der Waals surface area contributed by atoms with E-state index in [1.54, 1.807) is 18.2 Å². The highest BCUT2D eigenvalue weighted by Crippen LogP contribution is 2.13. The van der Waals surface area contributed by atoms with Gasteiger partial charge in [-0.1, -0.05) is 18.2 Å². The van der Waals surface area contributed by atoms with E-state index in [-0.39, 0.29) is 5.56 Å². The molecule has 0 amide bonds. The van der Waals surface area contributed by atoms with Crippen LogP contribution in [0.3, 0.4) is 0 Å². The number of carbonyl (C=O) groups is 1. The minimum absolute atomic E-state index is 0.205. The van der Waals surface area contributed by atoms with E-state index < -0.39 is 5.97 Å². The van der Waals surface area contributed by atoms with Crippen LogP contribution in [-0.2, 0) is 0 Å². The second-order valence-electron chi connectivity index (χ2n) is 3.10. The van der Waals surface area contributed by atoms with Gasteiger partial charge in [-0.3, -0.25) is 0 Å². The largest absolute Gasteiger partial charge is 0.478 e. The molecule has 78 valence electrons. The molecule has 15 heavy (non-hydrogen) atoms. The highest BCUT2D eigenvalue weighted by atomic mass is 16.5. The first kappa shape index (κ1) is 11.0. The molecule has 0 saturated heterocycles. The van der Waals surface area contributed by atoms with E-state index in [2.05, 4.69) is 6.58 Å². The summed E-state index contributed by atoms with van der Waals surface area (Å²) in [6.45, 7) is 5.51. The van der Waals surface area contributed by atoms with Gasteiger partial charge in [0.25, 0.3) is 0 Å². The number of carboxylic acid groups (broad SMARTS) is 1. The van der Waals surface area contributed by atoms with E-state index in [4.69, 9.17) is 9.84 Å². The summed E-state index contributed by atoms with van der Waals surface area (Å²) in [6.07, 6.45) is 3.18. The first-order valence-electron chi connectivity index (χ1n) is 4.41. The summed E-state index contributed by atoms with van der Waals surface area (Å²) in [6, 6.07) is 6.30. The van der Waals surface area contributed by atoms with E-state index in [1.165, 1.54) is 18.4 Å². The molecule has 1 aromatic rings. The van der Waals surface area contributed by atoms with Crippen LogP contribution >= 0.6 is 0 Å². The molecule has 0 heterocycles. The van der Waals surface area contributed by atoms with Crippen molar-refractivity contribution in [2.45, 2.75) is 6.92 Å². The molecule has 0 saturated carbocycles. The summed E-state index contributed by atoms with van der Waals surface area (Å²) >= 11 is 0. The van der Waals surface area contributed by atoms with Crippen molar-refractivity contribution in [3.8, 4) is 5.75 Å². The molecule has 1 N–H and O–H groups in total. The zero-order valence-electron chi connectivity index (χ0n) is 8.43. The Labute approximate surface area is 88.3 Å². The molecule has 0 unspecified atom stereocenters. The number of hydrogen-bond acceptors (Lipinski definition) is 2. The molecular formula is C12H12O3. The van der Waals surface area contributed by atoms with Gasteiger partial charge in [0, 0.05) is 0 Å². The number of allylic oxidation sites excluding steroid dienone is 2. The first-order chi connectivity index (χ1) is 7.09. The van der Waals surface area contributed by atoms with Crippen molar-refractivity contribution in [1.82, 2.24) is 0 Å². The van der Waals surface area contributed by atoms with Crippen LogP contribution in [-0.4, -0.2) is 11.1 Å². The summed E-state index contributed by atoms with van der Waals surface area (Å²) < 4.78 is 5.20. The fourth-order valence-corrected chi connectivity index (χ4v) is 0.931.